The monoisotopic (exact) mass is 364 g/mol. The van der Waals surface area contributed by atoms with Crippen molar-refractivity contribution in [1.29, 1.82) is 0 Å². The smallest absolute Gasteiger partial charge is 0.384 e. The van der Waals surface area contributed by atoms with Crippen LogP contribution < -0.4 is 0 Å². The highest BCUT2D eigenvalue weighted by molar-refractivity contribution is 9.10. The minimum atomic E-state index is -4.49. The number of alkyl halides is 3. The van der Waals surface area contributed by atoms with Crippen molar-refractivity contribution in [2.75, 3.05) is 0 Å². The van der Waals surface area contributed by atoms with E-state index in [0.29, 0.717) is 10.6 Å². The summed E-state index contributed by atoms with van der Waals surface area (Å²) in [6, 6.07) is 10.1. The lowest BCUT2D eigenvalue weighted by Gasteiger charge is -2.16. The van der Waals surface area contributed by atoms with Crippen LogP contribution in [0.2, 0.25) is 5.02 Å². The number of rotatable bonds is 2. The third kappa shape index (κ3) is 3.16. The second-order valence-electron chi connectivity index (χ2n) is 4.16. The average molecular weight is 366 g/mol. The molecule has 0 saturated carbocycles. The zero-order valence-corrected chi connectivity index (χ0v) is 12.3. The van der Waals surface area contributed by atoms with E-state index in [1.54, 1.807) is 24.3 Å². The second kappa shape index (κ2) is 5.76. The molecule has 0 aromatic heterocycles. The Labute approximate surface area is 127 Å². The molecule has 0 aliphatic rings. The Balaban J connectivity index is 2.46. The molecule has 0 heterocycles. The summed E-state index contributed by atoms with van der Waals surface area (Å²) in [5.41, 5.74) is -0.334. The number of halogens is 5. The molecule has 1 atom stereocenters. The second-order valence-corrected chi connectivity index (χ2v) is 5.42. The van der Waals surface area contributed by atoms with E-state index in [0.717, 1.165) is 6.07 Å². The predicted octanol–water partition coefficient (Wildman–Crippen LogP) is 5.20. The Bertz CT molecular complexity index is 628. The predicted molar refractivity (Wildman–Crippen MR) is 74.7 cm³/mol. The van der Waals surface area contributed by atoms with Crippen LogP contribution in [0.1, 0.15) is 22.8 Å². The van der Waals surface area contributed by atoms with Crippen molar-refractivity contribution in [2.24, 2.45) is 0 Å². The highest BCUT2D eigenvalue weighted by atomic mass is 79.9. The Kier molecular flexibility index (Phi) is 4.42. The molecule has 1 nitrogen and oxygen atoms in total. The first-order valence-electron chi connectivity index (χ1n) is 5.60. The Morgan fingerprint density at radius 2 is 1.75 bits per heavy atom. The molecular weight excluding hydrogens is 357 g/mol. The van der Waals surface area contributed by atoms with Crippen LogP contribution in [0.3, 0.4) is 0 Å². The van der Waals surface area contributed by atoms with Crippen LogP contribution in [0, 0.1) is 0 Å². The van der Waals surface area contributed by atoms with Gasteiger partial charge in [-0.25, -0.2) is 0 Å². The summed E-state index contributed by atoms with van der Waals surface area (Å²) in [7, 11) is 0. The minimum Gasteiger partial charge on any atom is -0.384 e. The number of benzene rings is 2. The lowest BCUT2D eigenvalue weighted by molar-refractivity contribution is -0.138. The highest BCUT2D eigenvalue weighted by Crippen LogP contribution is 2.37. The summed E-state index contributed by atoms with van der Waals surface area (Å²) < 4.78 is 38.4. The first kappa shape index (κ1) is 15.4. The molecule has 0 fully saturated rings. The van der Waals surface area contributed by atoms with Crippen LogP contribution in [0.4, 0.5) is 13.2 Å². The van der Waals surface area contributed by atoms with Gasteiger partial charge in [-0.05, 0) is 23.8 Å². The van der Waals surface area contributed by atoms with Gasteiger partial charge in [-0.3, -0.25) is 0 Å². The molecule has 0 saturated heterocycles. The first-order valence-corrected chi connectivity index (χ1v) is 6.77. The Morgan fingerprint density at radius 3 is 2.35 bits per heavy atom. The third-order valence-electron chi connectivity index (χ3n) is 2.81. The molecule has 0 bridgehead atoms. The van der Waals surface area contributed by atoms with Gasteiger partial charge in [0, 0.05) is 15.1 Å². The van der Waals surface area contributed by atoms with Gasteiger partial charge in [0.2, 0.25) is 0 Å². The van der Waals surface area contributed by atoms with Gasteiger partial charge < -0.3 is 5.11 Å². The molecule has 0 aliphatic carbocycles. The maximum atomic E-state index is 12.8. The molecule has 2 aromatic rings. The molecule has 0 radical (unpaired) electrons. The average Bonchev–Trinajstić information content (AvgIpc) is 2.37. The van der Waals surface area contributed by atoms with Crippen molar-refractivity contribution in [3.05, 3.63) is 68.7 Å². The zero-order valence-electron chi connectivity index (χ0n) is 9.96. The van der Waals surface area contributed by atoms with E-state index in [2.05, 4.69) is 15.9 Å². The van der Waals surface area contributed by atoms with Gasteiger partial charge in [-0.1, -0.05) is 51.8 Å². The molecule has 0 amide bonds. The maximum Gasteiger partial charge on any atom is 0.417 e. The highest BCUT2D eigenvalue weighted by Gasteiger charge is 2.33. The fourth-order valence-electron chi connectivity index (χ4n) is 1.81. The van der Waals surface area contributed by atoms with Crippen molar-refractivity contribution in [2.45, 2.75) is 12.3 Å². The van der Waals surface area contributed by atoms with Crippen molar-refractivity contribution < 1.29 is 18.3 Å². The first-order chi connectivity index (χ1) is 9.30. The van der Waals surface area contributed by atoms with Gasteiger partial charge in [-0.15, -0.1) is 0 Å². The van der Waals surface area contributed by atoms with Gasteiger partial charge in [0.1, 0.15) is 6.10 Å². The quantitative estimate of drug-likeness (QED) is 0.775. The SMILES string of the molecule is OC(c1ccc(Br)c(C(F)(F)F)c1)c1ccccc1Cl. The lowest BCUT2D eigenvalue weighted by atomic mass is 9.99. The van der Waals surface area contributed by atoms with Gasteiger partial charge in [-0.2, -0.15) is 13.2 Å². The molecule has 106 valence electrons. The lowest BCUT2D eigenvalue weighted by Crippen LogP contribution is -2.09. The molecule has 0 aliphatic heterocycles. The van der Waals surface area contributed by atoms with Crippen LogP contribution in [0.25, 0.3) is 0 Å². The molecule has 1 N–H and O–H groups in total. The standard InChI is InChI=1S/C14H9BrClF3O/c15-11-6-5-8(7-10(11)14(17,18)19)13(20)9-3-1-2-4-12(9)16/h1-7,13,20H. The van der Waals surface area contributed by atoms with Crippen LogP contribution in [0.15, 0.2) is 46.9 Å². The minimum absolute atomic E-state index is 0.0693. The molecule has 2 rings (SSSR count). The normalized spacial score (nSPS) is 13.3. The van der Waals surface area contributed by atoms with Crippen molar-refractivity contribution in [3.63, 3.8) is 0 Å². The van der Waals surface area contributed by atoms with E-state index in [-0.39, 0.29) is 10.0 Å². The van der Waals surface area contributed by atoms with Crippen molar-refractivity contribution in [3.8, 4) is 0 Å². The molecular formula is C14H9BrClF3O. The van der Waals surface area contributed by atoms with Gasteiger partial charge in [0.15, 0.2) is 0 Å². The molecule has 2 aromatic carbocycles. The summed E-state index contributed by atoms with van der Waals surface area (Å²) in [5, 5.41) is 10.5. The van der Waals surface area contributed by atoms with E-state index >= 15 is 0 Å². The summed E-state index contributed by atoms with van der Waals surface area (Å²) in [5.74, 6) is 0. The summed E-state index contributed by atoms with van der Waals surface area (Å²) in [6.45, 7) is 0. The fourth-order valence-corrected chi connectivity index (χ4v) is 2.52. The summed E-state index contributed by atoms with van der Waals surface area (Å²) in [4.78, 5) is 0. The van der Waals surface area contributed by atoms with Gasteiger partial charge in [0.05, 0.1) is 5.56 Å². The molecule has 20 heavy (non-hydrogen) atoms. The van der Waals surface area contributed by atoms with Crippen LogP contribution in [-0.2, 0) is 6.18 Å². The number of hydrogen-bond donors (Lipinski definition) is 1. The van der Waals surface area contributed by atoms with E-state index in [1.165, 1.54) is 12.1 Å². The van der Waals surface area contributed by atoms with E-state index in [1.807, 2.05) is 0 Å². The van der Waals surface area contributed by atoms with Crippen LogP contribution in [0.5, 0.6) is 0 Å². The Hall–Kier alpha value is -1.04. The summed E-state index contributed by atoms with van der Waals surface area (Å²) >= 11 is 8.80. The van der Waals surface area contributed by atoms with E-state index < -0.39 is 17.8 Å². The van der Waals surface area contributed by atoms with Crippen LogP contribution in [-0.4, -0.2) is 5.11 Å². The number of hydrogen-bond acceptors (Lipinski definition) is 1. The van der Waals surface area contributed by atoms with Gasteiger partial charge >= 0.3 is 6.18 Å². The van der Waals surface area contributed by atoms with Crippen LogP contribution >= 0.6 is 27.5 Å². The van der Waals surface area contributed by atoms with E-state index in [4.69, 9.17) is 11.6 Å². The molecule has 1 unspecified atom stereocenters. The number of aliphatic hydroxyl groups excluding tert-OH is 1. The molecule has 6 heteroatoms. The molecule has 0 spiro atoms. The zero-order chi connectivity index (χ0) is 14.9. The number of aliphatic hydroxyl groups is 1. The third-order valence-corrected chi connectivity index (χ3v) is 3.85. The maximum absolute atomic E-state index is 12.8. The Morgan fingerprint density at radius 1 is 1.10 bits per heavy atom. The largest absolute Gasteiger partial charge is 0.417 e. The topological polar surface area (TPSA) is 20.2 Å². The fraction of sp³-hybridized carbons (Fsp3) is 0.143. The van der Waals surface area contributed by atoms with Crippen molar-refractivity contribution in [1.82, 2.24) is 0 Å². The van der Waals surface area contributed by atoms with Gasteiger partial charge in [0.25, 0.3) is 0 Å². The summed E-state index contributed by atoms with van der Waals surface area (Å²) in [6.07, 6.45) is -5.70. The van der Waals surface area contributed by atoms with E-state index in [9.17, 15) is 18.3 Å². The van der Waals surface area contributed by atoms with Crippen molar-refractivity contribution >= 4 is 27.5 Å².